The van der Waals surface area contributed by atoms with E-state index in [2.05, 4.69) is 0 Å². The van der Waals surface area contributed by atoms with E-state index in [0.29, 0.717) is 5.76 Å². The Labute approximate surface area is 80.2 Å². The van der Waals surface area contributed by atoms with Crippen molar-refractivity contribution in [1.82, 2.24) is 0 Å². The van der Waals surface area contributed by atoms with Gasteiger partial charge in [-0.3, -0.25) is 0 Å². The average molecular weight is 192 g/mol. The maximum absolute atomic E-state index is 10.7. The largest absolute Gasteiger partial charge is 0.423 e. The number of hydrogen-bond donors (Lipinski definition) is 0. The molecule has 1 aromatic heterocycles. The molecule has 13 heavy (non-hydrogen) atoms. The van der Waals surface area contributed by atoms with Gasteiger partial charge >= 0.3 is 5.97 Å². The number of carbonyl (C=O) groups is 1. The third-order valence-electron chi connectivity index (χ3n) is 1.65. The Hall–Kier alpha value is -1.35. The number of hydrogen-bond acceptors (Lipinski definition) is 3. The molecule has 0 spiro atoms. The summed E-state index contributed by atoms with van der Waals surface area (Å²) in [6.07, 6.45) is 4.96. The van der Waals surface area contributed by atoms with Gasteiger partial charge in [-0.15, -0.1) is 11.3 Å². The molecule has 2 nitrogen and oxygen atoms in total. The molecule has 1 aliphatic rings. The van der Waals surface area contributed by atoms with Crippen LogP contribution >= 0.6 is 11.3 Å². The van der Waals surface area contributed by atoms with Crippen molar-refractivity contribution in [2.24, 2.45) is 0 Å². The molecule has 0 saturated heterocycles. The van der Waals surface area contributed by atoms with E-state index >= 15 is 0 Å². The first-order chi connectivity index (χ1) is 6.24. The Morgan fingerprint density at radius 3 is 2.77 bits per heavy atom. The molecular weight excluding hydrogens is 184 g/mol. The van der Waals surface area contributed by atoms with Gasteiger partial charge in [0.2, 0.25) is 0 Å². The zero-order valence-corrected chi connectivity index (χ0v) is 7.93. The second kappa shape index (κ2) is 3.18. The molecule has 0 unspecified atom stereocenters. The Balaban J connectivity index is 2.22. The van der Waals surface area contributed by atoms with Crippen molar-refractivity contribution in [3.8, 4) is 0 Å². The lowest BCUT2D eigenvalue weighted by atomic mass is 10.3. The topological polar surface area (TPSA) is 26.3 Å². The van der Waals surface area contributed by atoms with E-state index in [0.717, 1.165) is 4.88 Å². The molecule has 0 saturated carbocycles. The van der Waals surface area contributed by atoms with E-state index in [-0.39, 0.29) is 5.97 Å². The Morgan fingerprint density at radius 2 is 2.23 bits per heavy atom. The number of carbonyl (C=O) groups excluding carboxylic acids is 1. The number of rotatable bonds is 1. The van der Waals surface area contributed by atoms with Crippen LogP contribution in [-0.2, 0) is 9.53 Å². The summed E-state index contributed by atoms with van der Waals surface area (Å²) in [5, 5.41) is 0. The first-order valence-electron chi connectivity index (χ1n) is 3.92. The predicted octanol–water partition coefficient (Wildman–Crippen LogP) is 2.51. The van der Waals surface area contributed by atoms with E-state index in [1.807, 2.05) is 25.1 Å². The summed E-state index contributed by atoms with van der Waals surface area (Å²) in [6, 6.07) is 4.05. The van der Waals surface area contributed by atoms with Crippen molar-refractivity contribution >= 4 is 23.4 Å². The van der Waals surface area contributed by atoms with Gasteiger partial charge in [-0.1, -0.05) is 0 Å². The Kier molecular flexibility index (Phi) is 2.02. The number of cyclic esters (lactones) is 1. The summed E-state index contributed by atoms with van der Waals surface area (Å²) in [6.45, 7) is 2.04. The van der Waals surface area contributed by atoms with Crippen LogP contribution in [0.3, 0.4) is 0 Å². The van der Waals surface area contributed by atoms with Crippen molar-refractivity contribution in [2.75, 3.05) is 0 Å². The van der Waals surface area contributed by atoms with Crippen LogP contribution in [-0.4, -0.2) is 5.97 Å². The Morgan fingerprint density at radius 1 is 1.38 bits per heavy atom. The molecule has 66 valence electrons. The first-order valence-corrected chi connectivity index (χ1v) is 4.74. The zero-order chi connectivity index (χ0) is 9.26. The monoisotopic (exact) mass is 192 g/mol. The van der Waals surface area contributed by atoms with Crippen LogP contribution in [0.1, 0.15) is 9.75 Å². The fourth-order valence-electron chi connectivity index (χ4n) is 1.08. The van der Waals surface area contributed by atoms with Gasteiger partial charge in [0.15, 0.2) is 0 Å². The molecule has 0 bridgehead atoms. The highest BCUT2D eigenvalue weighted by Crippen LogP contribution is 2.20. The van der Waals surface area contributed by atoms with Crippen LogP contribution < -0.4 is 0 Å². The van der Waals surface area contributed by atoms with E-state index in [4.69, 9.17) is 4.74 Å². The lowest BCUT2D eigenvalue weighted by Gasteiger charge is -1.92. The van der Waals surface area contributed by atoms with Crippen LogP contribution in [0.5, 0.6) is 0 Å². The van der Waals surface area contributed by atoms with Crippen molar-refractivity contribution in [2.45, 2.75) is 6.92 Å². The van der Waals surface area contributed by atoms with Crippen LogP contribution in [0.2, 0.25) is 0 Å². The van der Waals surface area contributed by atoms with Gasteiger partial charge in [0, 0.05) is 15.8 Å². The summed E-state index contributed by atoms with van der Waals surface area (Å²) in [5.74, 6) is 0.325. The van der Waals surface area contributed by atoms with Gasteiger partial charge in [0.1, 0.15) is 5.76 Å². The average Bonchev–Trinajstić information content (AvgIpc) is 2.62. The summed E-state index contributed by atoms with van der Waals surface area (Å²) in [5.41, 5.74) is 0. The van der Waals surface area contributed by atoms with Crippen LogP contribution in [0.4, 0.5) is 0 Å². The molecule has 0 amide bonds. The summed E-state index contributed by atoms with van der Waals surface area (Å²) >= 11 is 1.67. The molecule has 0 fully saturated rings. The van der Waals surface area contributed by atoms with E-state index in [9.17, 15) is 4.79 Å². The number of aryl methyl sites for hydroxylation is 1. The molecule has 0 atom stereocenters. The molecule has 0 aliphatic carbocycles. The molecule has 2 heterocycles. The van der Waals surface area contributed by atoms with E-state index < -0.39 is 0 Å². The maximum Gasteiger partial charge on any atom is 0.336 e. The van der Waals surface area contributed by atoms with Crippen molar-refractivity contribution in [3.05, 3.63) is 39.8 Å². The number of ether oxygens (including phenoxy) is 1. The van der Waals surface area contributed by atoms with E-state index in [1.165, 1.54) is 11.0 Å². The van der Waals surface area contributed by atoms with Gasteiger partial charge in [0.05, 0.1) is 0 Å². The van der Waals surface area contributed by atoms with Crippen LogP contribution in [0.25, 0.3) is 6.08 Å². The molecule has 0 N–H and O–H groups in total. The van der Waals surface area contributed by atoms with Crippen molar-refractivity contribution in [3.63, 3.8) is 0 Å². The predicted molar refractivity (Wildman–Crippen MR) is 52.3 cm³/mol. The minimum absolute atomic E-state index is 0.292. The van der Waals surface area contributed by atoms with Crippen molar-refractivity contribution < 1.29 is 9.53 Å². The second-order valence-corrected chi connectivity index (χ2v) is 4.07. The molecule has 1 aromatic rings. The quantitative estimate of drug-likeness (QED) is 0.639. The molecule has 1 aliphatic heterocycles. The third-order valence-corrected chi connectivity index (χ3v) is 2.60. The number of esters is 1. The highest BCUT2D eigenvalue weighted by Gasteiger charge is 2.09. The van der Waals surface area contributed by atoms with Gasteiger partial charge in [-0.05, 0) is 31.2 Å². The Bertz CT molecular complexity index is 399. The standard InChI is InChI=1S/C10H8O2S/c1-7-2-4-9(13-7)6-8-3-5-10(11)12-8/h2-6H,1H3. The fraction of sp³-hybridized carbons (Fsp3) is 0.100. The molecule has 0 radical (unpaired) electrons. The third kappa shape index (κ3) is 1.87. The SMILES string of the molecule is Cc1ccc(C=C2C=CC(=O)O2)s1. The summed E-state index contributed by atoms with van der Waals surface area (Å²) in [4.78, 5) is 13.1. The van der Waals surface area contributed by atoms with Crippen molar-refractivity contribution in [1.29, 1.82) is 0 Å². The molecule has 0 aromatic carbocycles. The smallest absolute Gasteiger partial charge is 0.336 e. The molecule has 3 heteroatoms. The maximum atomic E-state index is 10.7. The normalized spacial score (nSPS) is 18.2. The van der Waals surface area contributed by atoms with Gasteiger partial charge in [-0.25, -0.2) is 4.79 Å². The van der Waals surface area contributed by atoms with Gasteiger partial charge in [0.25, 0.3) is 0 Å². The van der Waals surface area contributed by atoms with Gasteiger partial charge < -0.3 is 4.74 Å². The van der Waals surface area contributed by atoms with E-state index in [1.54, 1.807) is 17.4 Å². The number of allylic oxidation sites excluding steroid dienone is 1. The summed E-state index contributed by atoms with van der Waals surface area (Å²) in [7, 11) is 0. The van der Waals surface area contributed by atoms with Crippen LogP contribution in [0, 0.1) is 6.92 Å². The highest BCUT2D eigenvalue weighted by molar-refractivity contribution is 7.12. The zero-order valence-electron chi connectivity index (χ0n) is 7.11. The lowest BCUT2D eigenvalue weighted by Crippen LogP contribution is -1.89. The van der Waals surface area contributed by atoms with Crippen LogP contribution in [0.15, 0.2) is 30.0 Å². The molecule has 2 rings (SSSR count). The number of thiophene rings is 1. The van der Waals surface area contributed by atoms with Gasteiger partial charge in [-0.2, -0.15) is 0 Å². The molecular formula is C10H8O2S. The minimum Gasteiger partial charge on any atom is -0.423 e. The fourth-order valence-corrected chi connectivity index (χ4v) is 1.90. The second-order valence-electron chi connectivity index (χ2n) is 2.75. The minimum atomic E-state index is -0.292. The lowest BCUT2D eigenvalue weighted by molar-refractivity contribution is -0.132. The highest BCUT2D eigenvalue weighted by atomic mass is 32.1. The first kappa shape index (κ1) is 8.26. The summed E-state index contributed by atoms with van der Waals surface area (Å²) < 4.78 is 4.89.